The quantitative estimate of drug-likeness (QED) is 0.650. The number of hydrogen-bond donors (Lipinski definition) is 1. The third-order valence-corrected chi connectivity index (χ3v) is 4.58. The molecule has 1 atom stereocenters. The summed E-state index contributed by atoms with van der Waals surface area (Å²) in [4.78, 5) is 24.9. The standard InChI is InChI=1S/C14H18BrN3O3/c1-10(17-7-2-3-8-17)9-16-14(19)11-5-4-6-12(13(11)15)18(20)21/h4-6,10H,2-3,7-9H2,1H3,(H,16,19). The summed E-state index contributed by atoms with van der Waals surface area (Å²) >= 11 is 3.14. The predicted octanol–water partition coefficient (Wildman–Crippen LogP) is 2.57. The largest absolute Gasteiger partial charge is 0.350 e. The Bertz CT molecular complexity index is 544. The predicted molar refractivity (Wildman–Crippen MR) is 83.4 cm³/mol. The van der Waals surface area contributed by atoms with Gasteiger partial charge in [-0.25, -0.2) is 0 Å². The molecule has 1 unspecified atom stereocenters. The van der Waals surface area contributed by atoms with Gasteiger partial charge in [0.15, 0.2) is 0 Å². The zero-order chi connectivity index (χ0) is 15.4. The topological polar surface area (TPSA) is 75.5 Å². The highest BCUT2D eigenvalue weighted by Crippen LogP contribution is 2.28. The monoisotopic (exact) mass is 355 g/mol. The van der Waals surface area contributed by atoms with E-state index in [1.807, 2.05) is 0 Å². The molecule has 21 heavy (non-hydrogen) atoms. The highest BCUT2D eigenvalue weighted by atomic mass is 79.9. The molecule has 1 amide bonds. The smallest absolute Gasteiger partial charge is 0.284 e. The highest BCUT2D eigenvalue weighted by Gasteiger charge is 2.21. The van der Waals surface area contributed by atoms with Gasteiger partial charge in [0.05, 0.1) is 10.5 Å². The number of nitrogens with zero attached hydrogens (tertiary/aromatic N) is 2. The van der Waals surface area contributed by atoms with E-state index in [0.29, 0.717) is 6.54 Å². The number of carbonyl (C=O) groups excluding carboxylic acids is 1. The summed E-state index contributed by atoms with van der Waals surface area (Å²) in [6, 6.07) is 4.73. The van der Waals surface area contributed by atoms with E-state index in [2.05, 4.69) is 33.1 Å². The molecule has 0 bridgehead atoms. The molecule has 1 heterocycles. The summed E-state index contributed by atoms with van der Waals surface area (Å²) in [6.07, 6.45) is 2.41. The molecule has 0 aromatic heterocycles. The van der Waals surface area contributed by atoms with E-state index < -0.39 is 4.92 Å². The summed E-state index contributed by atoms with van der Waals surface area (Å²) in [5.41, 5.74) is 0.188. The maximum atomic E-state index is 12.2. The number of benzene rings is 1. The normalized spacial score (nSPS) is 16.7. The summed E-state index contributed by atoms with van der Waals surface area (Å²) < 4.78 is 0.223. The third kappa shape index (κ3) is 3.79. The molecule has 7 heteroatoms. The molecule has 1 aliphatic rings. The number of amides is 1. The van der Waals surface area contributed by atoms with E-state index in [1.165, 1.54) is 25.0 Å². The summed E-state index contributed by atoms with van der Waals surface area (Å²) in [5, 5.41) is 13.7. The Kier molecular flexibility index (Phi) is 5.30. The van der Waals surface area contributed by atoms with E-state index in [-0.39, 0.29) is 27.7 Å². The molecule has 0 radical (unpaired) electrons. The number of hydrogen-bond acceptors (Lipinski definition) is 4. The van der Waals surface area contributed by atoms with Gasteiger partial charge in [0, 0.05) is 18.7 Å². The Balaban J connectivity index is 2.00. The van der Waals surface area contributed by atoms with Gasteiger partial charge in [0.2, 0.25) is 0 Å². The molecule has 1 saturated heterocycles. The molecule has 6 nitrogen and oxygen atoms in total. The van der Waals surface area contributed by atoms with Crippen LogP contribution in [0.4, 0.5) is 5.69 Å². The summed E-state index contributed by atoms with van der Waals surface area (Å²) in [6.45, 7) is 4.75. The van der Waals surface area contributed by atoms with Crippen molar-refractivity contribution in [3.05, 3.63) is 38.3 Å². The first kappa shape index (κ1) is 15.9. The Labute approximate surface area is 131 Å². The van der Waals surface area contributed by atoms with Crippen molar-refractivity contribution in [2.45, 2.75) is 25.8 Å². The average Bonchev–Trinajstić information content (AvgIpc) is 2.98. The van der Waals surface area contributed by atoms with Crippen molar-refractivity contribution in [2.24, 2.45) is 0 Å². The minimum Gasteiger partial charge on any atom is -0.350 e. The van der Waals surface area contributed by atoms with Crippen LogP contribution in [0, 0.1) is 10.1 Å². The van der Waals surface area contributed by atoms with Crippen LogP contribution in [0.3, 0.4) is 0 Å². The maximum Gasteiger partial charge on any atom is 0.284 e. The number of nitro groups is 1. The average molecular weight is 356 g/mol. The van der Waals surface area contributed by atoms with Crippen molar-refractivity contribution >= 4 is 27.5 Å². The molecule has 0 aliphatic carbocycles. The van der Waals surface area contributed by atoms with E-state index in [1.54, 1.807) is 6.07 Å². The van der Waals surface area contributed by atoms with E-state index in [9.17, 15) is 14.9 Å². The first-order valence-corrected chi connectivity index (χ1v) is 7.75. The molecular weight excluding hydrogens is 338 g/mol. The second-order valence-electron chi connectivity index (χ2n) is 5.20. The van der Waals surface area contributed by atoms with Crippen molar-refractivity contribution in [1.29, 1.82) is 0 Å². The fraction of sp³-hybridized carbons (Fsp3) is 0.500. The van der Waals surface area contributed by atoms with Crippen molar-refractivity contribution < 1.29 is 9.72 Å². The van der Waals surface area contributed by atoms with E-state index in [4.69, 9.17) is 0 Å². The Morgan fingerprint density at radius 3 is 2.76 bits per heavy atom. The molecule has 1 fully saturated rings. The molecule has 0 saturated carbocycles. The van der Waals surface area contributed by atoms with Crippen molar-refractivity contribution in [3.63, 3.8) is 0 Å². The van der Waals surface area contributed by atoms with Gasteiger partial charge in [0.25, 0.3) is 11.6 Å². The van der Waals surface area contributed by atoms with Gasteiger partial charge in [-0.1, -0.05) is 6.07 Å². The number of likely N-dealkylation sites (tertiary alicyclic amines) is 1. The van der Waals surface area contributed by atoms with Crippen LogP contribution in [-0.4, -0.2) is 41.4 Å². The lowest BCUT2D eigenvalue weighted by molar-refractivity contribution is -0.385. The Hall–Kier alpha value is -1.47. The van der Waals surface area contributed by atoms with Crippen molar-refractivity contribution in [1.82, 2.24) is 10.2 Å². The van der Waals surface area contributed by atoms with E-state index >= 15 is 0 Å². The molecular formula is C14H18BrN3O3. The minimum absolute atomic E-state index is 0.102. The van der Waals surface area contributed by atoms with Crippen LogP contribution >= 0.6 is 15.9 Å². The number of nitrogens with one attached hydrogen (secondary N) is 1. The molecule has 1 aliphatic heterocycles. The molecule has 1 aromatic rings. The van der Waals surface area contributed by atoms with Crippen LogP contribution in [0.5, 0.6) is 0 Å². The number of nitro benzene ring substituents is 1. The zero-order valence-electron chi connectivity index (χ0n) is 11.8. The van der Waals surface area contributed by atoms with Crippen molar-refractivity contribution in [3.8, 4) is 0 Å². The van der Waals surface area contributed by atoms with Crippen LogP contribution in [0.15, 0.2) is 22.7 Å². The zero-order valence-corrected chi connectivity index (χ0v) is 13.4. The van der Waals surface area contributed by atoms with Gasteiger partial charge in [-0.3, -0.25) is 19.8 Å². The second-order valence-corrected chi connectivity index (χ2v) is 5.99. The summed E-state index contributed by atoms with van der Waals surface area (Å²) in [7, 11) is 0. The Morgan fingerprint density at radius 1 is 1.48 bits per heavy atom. The van der Waals surface area contributed by atoms with Crippen LogP contribution in [-0.2, 0) is 0 Å². The molecule has 2 rings (SSSR count). The highest BCUT2D eigenvalue weighted by molar-refractivity contribution is 9.10. The van der Waals surface area contributed by atoms with Gasteiger partial charge in [-0.15, -0.1) is 0 Å². The minimum atomic E-state index is -0.506. The van der Waals surface area contributed by atoms with Gasteiger partial charge < -0.3 is 5.32 Å². The van der Waals surface area contributed by atoms with Gasteiger partial charge in [-0.2, -0.15) is 0 Å². The second kappa shape index (κ2) is 7.00. The lowest BCUT2D eigenvalue weighted by Crippen LogP contribution is -2.40. The van der Waals surface area contributed by atoms with Gasteiger partial charge in [-0.05, 0) is 54.9 Å². The fourth-order valence-electron chi connectivity index (χ4n) is 2.48. The number of rotatable bonds is 5. The molecule has 114 valence electrons. The number of carbonyl (C=O) groups is 1. The maximum absolute atomic E-state index is 12.2. The van der Waals surface area contributed by atoms with E-state index in [0.717, 1.165) is 13.1 Å². The first-order valence-electron chi connectivity index (χ1n) is 6.96. The van der Waals surface area contributed by atoms with Crippen LogP contribution in [0.25, 0.3) is 0 Å². The summed E-state index contributed by atoms with van der Waals surface area (Å²) in [5.74, 6) is -0.295. The van der Waals surface area contributed by atoms with Crippen LogP contribution in [0.1, 0.15) is 30.1 Å². The van der Waals surface area contributed by atoms with Crippen LogP contribution in [0.2, 0.25) is 0 Å². The lowest BCUT2D eigenvalue weighted by Gasteiger charge is -2.23. The third-order valence-electron chi connectivity index (χ3n) is 3.74. The molecule has 1 N–H and O–H groups in total. The first-order chi connectivity index (χ1) is 10.0. The number of halogens is 1. The lowest BCUT2D eigenvalue weighted by atomic mass is 10.2. The SMILES string of the molecule is CC(CNC(=O)c1cccc([N+](=O)[O-])c1Br)N1CCCC1. The fourth-order valence-corrected chi connectivity index (χ4v) is 3.07. The Morgan fingerprint density at radius 2 is 2.14 bits per heavy atom. The van der Waals surface area contributed by atoms with Crippen molar-refractivity contribution in [2.75, 3.05) is 19.6 Å². The van der Waals surface area contributed by atoms with Gasteiger partial charge in [0.1, 0.15) is 4.47 Å². The van der Waals surface area contributed by atoms with Gasteiger partial charge >= 0.3 is 0 Å². The molecule has 0 spiro atoms. The molecule has 1 aromatic carbocycles. The van der Waals surface area contributed by atoms with Crippen LogP contribution < -0.4 is 5.32 Å².